The van der Waals surface area contributed by atoms with Gasteiger partial charge in [-0.25, -0.2) is 13.2 Å². The van der Waals surface area contributed by atoms with Gasteiger partial charge in [-0.05, 0) is 39.5 Å². The van der Waals surface area contributed by atoms with Crippen molar-refractivity contribution >= 4 is 15.9 Å². The average molecular weight is 344 g/mol. The average Bonchev–Trinajstić information content (AvgIpc) is 2.75. The summed E-state index contributed by atoms with van der Waals surface area (Å²) < 4.78 is 28.3. The van der Waals surface area contributed by atoms with Gasteiger partial charge in [0, 0.05) is 24.0 Å². The quantitative estimate of drug-likeness (QED) is 0.814. The van der Waals surface area contributed by atoms with Gasteiger partial charge in [0.15, 0.2) is 9.84 Å². The van der Waals surface area contributed by atoms with Crippen molar-refractivity contribution in [3.05, 3.63) is 11.5 Å². The van der Waals surface area contributed by atoms with Gasteiger partial charge in [0.05, 0.1) is 5.75 Å². The van der Waals surface area contributed by atoms with Crippen molar-refractivity contribution in [1.29, 1.82) is 0 Å². The molecule has 1 amide bonds. The van der Waals surface area contributed by atoms with Crippen LogP contribution < -0.4 is 10.6 Å². The molecule has 132 valence electrons. The number of carbonyl (C=O) groups excluding carboxylic acids is 1. The summed E-state index contributed by atoms with van der Waals surface area (Å²) in [6.07, 6.45) is 5.62. The number of ether oxygens (including phenoxy) is 1. The van der Waals surface area contributed by atoms with E-state index >= 15 is 0 Å². The third kappa shape index (κ3) is 6.14. The number of hydrogen-bond donors (Lipinski definition) is 2. The van der Waals surface area contributed by atoms with E-state index in [0.29, 0.717) is 12.5 Å². The minimum atomic E-state index is -3.04. The number of sulfone groups is 1. The fourth-order valence-corrected chi connectivity index (χ4v) is 4.40. The summed E-state index contributed by atoms with van der Waals surface area (Å²) in [5.74, 6) is 0.434. The zero-order chi connectivity index (χ0) is 17.1. The maximum atomic E-state index is 11.8. The molecule has 1 fully saturated rings. The first-order valence-corrected chi connectivity index (χ1v) is 10.00. The van der Waals surface area contributed by atoms with Crippen LogP contribution in [-0.2, 0) is 14.6 Å². The lowest BCUT2D eigenvalue weighted by Gasteiger charge is -2.34. The van der Waals surface area contributed by atoms with Crippen LogP contribution in [0, 0.1) is 5.92 Å². The minimum absolute atomic E-state index is 0.118. The third-order valence-corrected chi connectivity index (χ3v) is 5.57. The summed E-state index contributed by atoms with van der Waals surface area (Å²) in [7, 11) is -3.04. The van der Waals surface area contributed by atoms with Gasteiger partial charge in [-0.1, -0.05) is 18.9 Å². The molecule has 2 N–H and O–H groups in total. The summed E-state index contributed by atoms with van der Waals surface area (Å²) in [4.78, 5) is 11.8. The molecule has 3 atom stereocenters. The molecule has 2 rings (SSSR count). The Morgan fingerprint density at radius 2 is 1.96 bits per heavy atom. The van der Waals surface area contributed by atoms with Crippen LogP contribution in [0.4, 0.5) is 4.79 Å². The molecule has 0 aromatic rings. The molecular weight excluding hydrogens is 316 g/mol. The summed E-state index contributed by atoms with van der Waals surface area (Å²) >= 11 is 0. The van der Waals surface area contributed by atoms with Crippen molar-refractivity contribution in [3.63, 3.8) is 0 Å². The molecule has 1 saturated carbocycles. The molecule has 6 nitrogen and oxygen atoms in total. The van der Waals surface area contributed by atoms with E-state index in [2.05, 4.69) is 10.6 Å². The van der Waals surface area contributed by atoms with E-state index in [-0.39, 0.29) is 17.8 Å². The van der Waals surface area contributed by atoms with Crippen LogP contribution in [-0.4, -0.2) is 44.5 Å². The first-order valence-electron chi connectivity index (χ1n) is 8.28. The molecule has 0 aromatic heterocycles. The molecule has 1 heterocycles. The highest BCUT2D eigenvalue weighted by Gasteiger charge is 2.30. The highest BCUT2D eigenvalue weighted by molar-refractivity contribution is 7.94. The number of hydrogen-bond acceptors (Lipinski definition) is 5. The molecule has 3 unspecified atom stereocenters. The summed E-state index contributed by atoms with van der Waals surface area (Å²) in [6.45, 7) is 6.06. The lowest BCUT2D eigenvalue weighted by molar-refractivity contribution is 0.0510. The van der Waals surface area contributed by atoms with Crippen LogP contribution in [0.2, 0.25) is 0 Å². The molecule has 0 aromatic carbocycles. The summed E-state index contributed by atoms with van der Waals surface area (Å²) in [5, 5.41) is 7.57. The number of carbonyl (C=O) groups is 1. The van der Waals surface area contributed by atoms with Gasteiger partial charge in [-0.15, -0.1) is 0 Å². The van der Waals surface area contributed by atoms with Crippen molar-refractivity contribution in [2.24, 2.45) is 5.92 Å². The lowest BCUT2D eigenvalue weighted by Crippen LogP contribution is -2.48. The van der Waals surface area contributed by atoms with E-state index in [9.17, 15) is 13.2 Å². The van der Waals surface area contributed by atoms with E-state index in [1.807, 2.05) is 20.8 Å². The van der Waals surface area contributed by atoms with E-state index < -0.39 is 21.5 Å². The second kappa shape index (κ2) is 7.21. The van der Waals surface area contributed by atoms with Gasteiger partial charge in [-0.2, -0.15) is 0 Å². The SMILES string of the molecule is CC(C)(C)OC(=O)NCC1CCCCC1NC1C=CS(=O)(=O)C1. The lowest BCUT2D eigenvalue weighted by atomic mass is 9.84. The number of rotatable bonds is 4. The predicted octanol–water partition coefficient (Wildman–Crippen LogP) is 1.97. The summed E-state index contributed by atoms with van der Waals surface area (Å²) in [6, 6.07) is 0.105. The molecule has 7 heteroatoms. The van der Waals surface area contributed by atoms with E-state index in [1.54, 1.807) is 6.08 Å². The molecule has 1 aliphatic carbocycles. The van der Waals surface area contributed by atoms with Crippen molar-refractivity contribution in [1.82, 2.24) is 10.6 Å². The second-order valence-corrected chi connectivity index (χ2v) is 9.40. The Labute approximate surface area is 139 Å². The summed E-state index contributed by atoms with van der Waals surface area (Å²) in [5.41, 5.74) is -0.503. The van der Waals surface area contributed by atoms with E-state index in [1.165, 1.54) is 5.41 Å². The van der Waals surface area contributed by atoms with E-state index in [4.69, 9.17) is 4.74 Å². The van der Waals surface area contributed by atoms with Crippen LogP contribution in [0.5, 0.6) is 0 Å². The Kier molecular flexibility index (Phi) is 5.73. The molecule has 0 bridgehead atoms. The Morgan fingerprint density at radius 1 is 1.26 bits per heavy atom. The third-order valence-electron chi connectivity index (χ3n) is 4.17. The van der Waals surface area contributed by atoms with Crippen LogP contribution in [0.25, 0.3) is 0 Å². The van der Waals surface area contributed by atoms with Gasteiger partial charge in [0.1, 0.15) is 5.60 Å². The van der Waals surface area contributed by atoms with Crippen LogP contribution in [0.3, 0.4) is 0 Å². The zero-order valence-electron chi connectivity index (χ0n) is 14.2. The molecular formula is C16H28N2O4S. The second-order valence-electron chi connectivity index (χ2n) is 7.47. The van der Waals surface area contributed by atoms with Crippen molar-refractivity contribution in [2.75, 3.05) is 12.3 Å². The maximum absolute atomic E-state index is 11.8. The highest BCUT2D eigenvalue weighted by Crippen LogP contribution is 2.25. The standard InChI is InChI=1S/C16H28N2O4S/c1-16(2,3)22-15(19)17-10-12-6-4-5-7-14(12)18-13-8-9-23(20,21)11-13/h8-9,12-14,18H,4-7,10-11H2,1-3H3,(H,17,19). The fourth-order valence-electron chi connectivity index (χ4n) is 3.15. The van der Waals surface area contributed by atoms with Gasteiger partial charge >= 0.3 is 6.09 Å². The first-order chi connectivity index (χ1) is 10.6. The topological polar surface area (TPSA) is 84.5 Å². The minimum Gasteiger partial charge on any atom is -0.444 e. The van der Waals surface area contributed by atoms with Crippen LogP contribution in [0.15, 0.2) is 11.5 Å². The Balaban J connectivity index is 1.84. The predicted molar refractivity (Wildman–Crippen MR) is 89.8 cm³/mol. The van der Waals surface area contributed by atoms with Gasteiger partial charge in [0.2, 0.25) is 0 Å². The van der Waals surface area contributed by atoms with Crippen LogP contribution >= 0.6 is 0 Å². The monoisotopic (exact) mass is 344 g/mol. The van der Waals surface area contributed by atoms with Crippen LogP contribution in [0.1, 0.15) is 46.5 Å². The largest absolute Gasteiger partial charge is 0.444 e. The fraction of sp³-hybridized carbons (Fsp3) is 0.812. The smallest absolute Gasteiger partial charge is 0.407 e. The number of nitrogens with one attached hydrogen (secondary N) is 2. The number of alkyl carbamates (subject to hydrolysis) is 1. The Bertz CT molecular complexity index is 551. The Morgan fingerprint density at radius 3 is 2.57 bits per heavy atom. The van der Waals surface area contributed by atoms with E-state index in [0.717, 1.165) is 25.7 Å². The van der Waals surface area contributed by atoms with Gasteiger partial charge < -0.3 is 15.4 Å². The number of amides is 1. The molecule has 0 radical (unpaired) electrons. The first kappa shape index (κ1) is 18.3. The molecule has 0 saturated heterocycles. The molecule has 2 aliphatic rings. The molecule has 23 heavy (non-hydrogen) atoms. The zero-order valence-corrected chi connectivity index (χ0v) is 15.0. The van der Waals surface area contributed by atoms with Gasteiger partial charge in [0.25, 0.3) is 0 Å². The van der Waals surface area contributed by atoms with Gasteiger partial charge in [-0.3, -0.25) is 0 Å². The van der Waals surface area contributed by atoms with Crippen molar-refractivity contribution in [3.8, 4) is 0 Å². The van der Waals surface area contributed by atoms with Crippen molar-refractivity contribution < 1.29 is 17.9 Å². The maximum Gasteiger partial charge on any atom is 0.407 e. The van der Waals surface area contributed by atoms with Crippen molar-refractivity contribution in [2.45, 2.75) is 64.1 Å². The highest BCUT2D eigenvalue weighted by atomic mass is 32.2. The Hall–Kier alpha value is -1.08. The molecule has 1 aliphatic heterocycles. The molecule has 0 spiro atoms. The normalized spacial score (nSPS) is 30.1.